The van der Waals surface area contributed by atoms with Gasteiger partial charge in [-0.15, -0.1) is 0 Å². The van der Waals surface area contributed by atoms with Gasteiger partial charge in [0.1, 0.15) is 6.54 Å². The van der Waals surface area contributed by atoms with E-state index < -0.39 is 20.7 Å². The predicted octanol–water partition coefficient (Wildman–Crippen LogP) is 0.410. The van der Waals surface area contributed by atoms with Gasteiger partial charge >= 0.3 is 5.97 Å². The van der Waals surface area contributed by atoms with Crippen molar-refractivity contribution in [3.05, 3.63) is 0 Å². The Morgan fingerprint density at radius 1 is 1.18 bits per heavy atom. The molecule has 2 aliphatic carbocycles. The Labute approximate surface area is 130 Å². The molecular formula is C14H22N2O5S. The highest BCUT2D eigenvalue weighted by molar-refractivity contribution is 7.90. The minimum absolute atomic E-state index is 0.0500. The van der Waals surface area contributed by atoms with Crippen LogP contribution in [0.4, 0.5) is 0 Å². The van der Waals surface area contributed by atoms with Crippen molar-refractivity contribution in [2.75, 3.05) is 19.6 Å². The third-order valence-electron chi connectivity index (χ3n) is 5.19. The van der Waals surface area contributed by atoms with Crippen LogP contribution < -0.4 is 0 Å². The van der Waals surface area contributed by atoms with E-state index in [-0.39, 0.29) is 25.0 Å². The molecule has 0 atom stereocenters. The molecule has 0 aromatic rings. The third-order valence-corrected chi connectivity index (χ3v) is 7.89. The second-order valence-corrected chi connectivity index (χ2v) is 8.96. The van der Waals surface area contributed by atoms with Crippen LogP contribution in [0, 0.1) is 0 Å². The maximum Gasteiger partial charge on any atom is 0.323 e. The standard InChI is InChI=1S/C14H22N2O5S/c17-12(16(10-13(18)19)11-3-1-4-11)9-15-8-2-5-14(6-7-14)22(15,20)21/h11H,1-10H2,(H,18,19). The molecule has 0 bridgehead atoms. The summed E-state index contributed by atoms with van der Waals surface area (Å²) in [5, 5.41) is 8.98. The fourth-order valence-electron chi connectivity index (χ4n) is 3.42. The van der Waals surface area contributed by atoms with E-state index in [9.17, 15) is 18.0 Å². The van der Waals surface area contributed by atoms with E-state index in [4.69, 9.17) is 5.11 Å². The van der Waals surface area contributed by atoms with Gasteiger partial charge in [0.25, 0.3) is 0 Å². The van der Waals surface area contributed by atoms with Crippen molar-refractivity contribution in [3.63, 3.8) is 0 Å². The highest BCUT2D eigenvalue weighted by Crippen LogP contribution is 2.51. The summed E-state index contributed by atoms with van der Waals surface area (Å²) >= 11 is 0. The summed E-state index contributed by atoms with van der Waals surface area (Å²) in [7, 11) is -3.42. The lowest BCUT2D eigenvalue weighted by molar-refractivity contribution is -0.147. The zero-order valence-electron chi connectivity index (χ0n) is 12.5. The number of hydrogen-bond acceptors (Lipinski definition) is 4. The Kier molecular flexibility index (Phi) is 3.92. The molecule has 1 heterocycles. The van der Waals surface area contributed by atoms with E-state index in [0.717, 1.165) is 25.7 Å². The van der Waals surface area contributed by atoms with E-state index in [1.54, 1.807) is 0 Å². The monoisotopic (exact) mass is 330 g/mol. The lowest BCUT2D eigenvalue weighted by Crippen LogP contribution is -2.53. The molecule has 0 unspecified atom stereocenters. The van der Waals surface area contributed by atoms with E-state index in [0.29, 0.717) is 25.8 Å². The van der Waals surface area contributed by atoms with Crippen LogP contribution in [0.3, 0.4) is 0 Å². The number of carboxylic acids is 1. The molecule has 2 saturated carbocycles. The maximum atomic E-state index is 12.6. The van der Waals surface area contributed by atoms with Crippen molar-refractivity contribution >= 4 is 21.9 Å². The average Bonchev–Trinajstić information content (AvgIpc) is 3.13. The van der Waals surface area contributed by atoms with Crippen LogP contribution in [0.25, 0.3) is 0 Å². The zero-order chi connectivity index (χ0) is 16.0. The van der Waals surface area contributed by atoms with E-state index in [2.05, 4.69) is 0 Å². The molecule has 0 aromatic carbocycles. The minimum Gasteiger partial charge on any atom is -0.480 e. The van der Waals surface area contributed by atoms with Crippen LogP contribution in [0.1, 0.15) is 44.9 Å². The van der Waals surface area contributed by atoms with Crippen LogP contribution >= 0.6 is 0 Å². The molecule has 1 spiro atoms. The number of sulfonamides is 1. The first-order valence-corrected chi connectivity index (χ1v) is 9.31. The quantitative estimate of drug-likeness (QED) is 0.788. The van der Waals surface area contributed by atoms with Crippen molar-refractivity contribution in [1.29, 1.82) is 0 Å². The number of amides is 1. The Morgan fingerprint density at radius 2 is 1.86 bits per heavy atom. The first kappa shape index (κ1) is 15.7. The summed E-state index contributed by atoms with van der Waals surface area (Å²) in [5.41, 5.74) is 0. The van der Waals surface area contributed by atoms with Gasteiger partial charge in [-0.05, 0) is 44.9 Å². The number of carbonyl (C=O) groups is 2. The van der Waals surface area contributed by atoms with Gasteiger partial charge in [-0.3, -0.25) is 9.59 Å². The summed E-state index contributed by atoms with van der Waals surface area (Å²) in [6.45, 7) is -0.197. The van der Waals surface area contributed by atoms with Crippen molar-refractivity contribution in [2.24, 2.45) is 0 Å². The number of nitrogens with zero attached hydrogens (tertiary/aromatic N) is 2. The van der Waals surface area contributed by atoms with Gasteiger partial charge in [-0.2, -0.15) is 4.31 Å². The SMILES string of the molecule is O=C(O)CN(C(=O)CN1CCCC2(CC2)S1(=O)=O)C1CCC1. The third kappa shape index (κ3) is 2.62. The van der Waals surface area contributed by atoms with E-state index in [1.807, 2.05) is 0 Å². The molecular weight excluding hydrogens is 308 g/mol. The Balaban J connectivity index is 1.70. The lowest BCUT2D eigenvalue weighted by Gasteiger charge is -2.38. The molecule has 124 valence electrons. The summed E-state index contributed by atoms with van der Waals surface area (Å²) in [6, 6.07) is -0.0500. The van der Waals surface area contributed by atoms with E-state index >= 15 is 0 Å². The molecule has 3 aliphatic rings. The van der Waals surface area contributed by atoms with E-state index in [1.165, 1.54) is 9.21 Å². The molecule has 1 saturated heterocycles. The average molecular weight is 330 g/mol. The van der Waals surface area contributed by atoms with Gasteiger partial charge in [-0.25, -0.2) is 8.42 Å². The second-order valence-electron chi connectivity index (χ2n) is 6.63. The van der Waals surface area contributed by atoms with Gasteiger partial charge in [0.15, 0.2) is 0 Å². The largest absolute Gasteiger partial charge is 0.480 e. The smallest absolute Gasteiger partial charge is 0.323 e. The molecule has 1 aliphatic heterocycles. The Morgan fingerprint density at radius 3 is 2.36 bits per heavy atom. The van der Waals surface area contributed by atoms with Crippen LogP contribution in [0.2, 0.25) is 0 Å². The van der Waals surface area contributed by atoms with Gasteiger partial charge < -0.3 is 10.0 Å². The first-order valence-electron chi connectivity index (χ1n) is 7.87. The molecule has 7 nitrogen and oxygen atoms in total. The number of carboxylic acid groups (broad SMARTS) is 1. The Hall–Kier alpha value is -1.15. The molecule has 1 amide bonds. The maximum absolute atomic E-state index is 12.6. The molecule has 1 N–H and O–H groups in total. The van der Waals surface area contributed by atoms with Gasteiger partial charge in [0.2, 0.25) is 15.9 Å². The van der Waals surface area contributed by atoms with Crippen molar-refractivity contribution in [2.45, 2.75) is 55.7 Å². The number of hydrogen-bond donors (Lipinski definition) is 1. The molecule has 0 aromatic heterocycles. The molecule has 3 fully saturated rings. The molecule has 8 heteroatoms. The lowest BCUT2D eigenvalue weighted by atomic mass is 9.91. The second kappa shape index (κ2) is 5.49. The summed E-state index contributed by atoms with van der Waals surface area (Å²) in [6.07, 6.45) is 5.41. The van der Waals surface area contributed by atoms with Gasteiger partial charge in [-0.1, -0.05) is 0 Å². The van der Waals surface area contributed by atoms with Crippen molar-refractivity contribution in [3.8, 4) is 0 Å². The molecule has 22 heavy (non-hydrogen) atoms. The number of carbonyl (C=O) groups excluding carboxylic acids is 1. The van der Waals surface area contributed by atoms with Gasteiger partial charge in [0, 0.05) is 12.6 Å². The van der Waals surface area contributed by atoms with Crippen LogP contribution in [-0.2, 0) is 19.6 Å². The highest BCUT2D eigenvalue weighted by Gasteiger charge is 2.58. The number of aliphatic carboxylic acids is 1. The fourth-order valence-corrected chi connectivity index (χ4v) is 5.64. The minimum atomic E-state index is -3.42. The zero-order valence-corrected chi connectivity index (χ0v) is 13.3. The van der Waals surface area contributed by atoms with Crippen molar-refractivity contribution in [1.82, 2.24) is 9.21 Å². The summed E-state index contributed by atoms with van der Waals surface area (Å²) < 4.78 is 25.8. The topological polar surface area (TPSA) is 95.0 Å². The summed E-state index contributed by atoms with van der Waals surface area (Å²) in [5.74, 6) is -1.44. The van der Waals surface area contributed by atoms with Crippen molar-refractivity contribution < 1.29 is 23.1 Å². The number of rotatable bonds is 5. The van der Waals surface area contributed by atoms with Crippen LogP contribution in [-0.4, -0.2) is 65.0 Å². The van der Waals surface area contributed by atoms with Crippen LogP contribution in [0.5, 0.6) is 0 Å². The predicted molar refractivity (Wildman–Crippen MR) is 78.7 cm³/mol. The van der Waals surface area contributed by atoms with Gasteiger partial charge in [0.05, 0.1) is 11.3 Å². The Bertz CT molecular complexity index is 580. The van der Waals surface area contributed by atoms with Crippen LogP contribution in [0.15, 0.2) is 0 Å². The first-order chi connectivity index (χ1) is 10.4. The normalized spacial score (nSPS) is 26.4. The fraction of sp³-hybridized carbons (Fsp3) is 0.857. The highest BCUT2D eigenvalue weighted by atomic mass is 32.2. The molecule has 3 rings (SSSR count). The summed E-state index contributed by atoms with van der Waals surface area (Å²) in [4.78, 5) is 24.8. The molecule has 0 radical (unpaired) electrons.